The lowest BCUT2D eigenvalue weighted by Gasteiger charge is -2.17. The monoisotopic (exact) mass is 317 g/mol. The Bertz CT molecular complexity index is 597. The van der Waals surface area contributed by atoms with E-state index in [1.165, 1.54) is 11.1 Å². The molecule has 19 heavy (non-hydrogen) atoms. The summed E-state index contributed by atoms with van der Waals surface area (Å²) in [6.07, 6.45) is 2.29. The molecule has 3 heteroatoms. The fraction of sp³-hybridized carbons (Fsp3) is 0.250. The number of hydrogen-bond donors (Lipinski definition) is 1. The Morgan fingerprint density at radius 3 is 2.89 bits per heavy atom. The fourth-order valence-electron chi connectivity index (χ4n) is 2.64. The molecule has 2 nitrogen and oxygen atoms in total. The summed E-state index contributed by atoms with van der Waals surface area (Å²) in [6.45, 7) is 0. The summed E-state index contributed by atoms with van der Waals surface area (Å²) in [7, 11) is 1.69. The normalized spacial score (nSPS) is 17.1. The Morgan fingerprint density at radius 2 is 2.05 bits per heavy atom. The van der Waals surface area contributed by atoms with Gasteiger partial charge in [-0.05, 0) is 52.0 Å². The number of fused-ring (bicyclic) bond motifs is 1. The van der Waals surface area contributed by atoms with Crippen LogP contribution in [0.4, 0.5) is 5.69 Å². The lowest BCUT2D eigenvalue weighted by Crippen LogP contribution is -2.07. The van der Waals surface area contributed by atoms with Gasteiger partial charge in [0.2, 0.25) is 0 Å². The van der Waals surface area contributed by atoms with Gasteiger partial charge in [-0.15, -0.1) is 0 Å². The van der Waals surface area contributed by atoms with Gasteiger partial charge in [0.1, 0.15) is 5.75 Å². The van der Waals surface area contributed by atoms with Gasteiger partial charge in [0.15, 0.2) is 0 Å². The largest absolute Gasteiger partial charge is 0.497 e. The third-order valence-electron chi connectivity index (χ3n) is 3.64. The highest BCUT2D eigenvalue weighted by molar-refractivity contribution is 9.10. The zero-order valence-electron chi connectivity index (χ0n) is 10.8. The van der Waals surface area contributed by atoms with Gasteiger partial charge in [-0.3, -0.25) is 0 Å². The Morgan fingerprint density at radius 1 is 1.21 bits per heavy atom. The Hall–Kier alpha value is -1.48. The van der Waals surface area contributed by atoms with Crippen molar-refractivity contribution in [3.8, 4) is 5.75 Å². The van der Waals surface area contributed by atoms with E-state index in [0.29, 0.717) is 6.04 Å². The minimum absolute atomic E-state index is 0.389. The summed E-state index contributed by atoms with van der Waals surface area (Å²) in [5.41, 5.74) is 3.96. The van der Waals surface area contributed by atoms with Crippen LogP contribution < -0.4 is 10.1 Å². The Balaban J connectivity index is 1.87. The average Bonchev–Trinajstić information content (AvgIpc) is 2.85. The fourth-order valence-corrected chi connectivity index (χ4v) is 3.00. The number of nitrogens with one attached hydrogen (secondary N) is 1. The van der Waals surface area contributed by atoms with Crippen LogP contribution in [-0.2, 0) is 6.42 Å². The van der Waals surface area contributed by atoms with E-state index in [1.807, 2.05) is 18.2 Å². The molecular formula is C16H16BrNO. The van der Waals surface area contributed by atoms with Crippen LogP contribution in [0.1, 0.15) is 23.6 Å². The summed E-state index contributed by atoms with van der Waals surface area (Å²) >= 11 is 3.59. The third-order valence-corrected chi connectivity index (χ3v) is 4.33. The van der Waals surface area contributed by atoms with Crippen molar-refractivity contribution >= 4 is 21.6 Å². The molecule has 0 saturated heterocycles. The van der Waals surface area contributed by atoms with Gasteiger partial charge in [-0.25, -0.2) is 0 Å². The van der Waals surface area contributed by atoms with E-state index in [9.17, 15) is 0 Å². The molecule has 3 rings (SSSR count). The average molecular weight is 318 g/mol. The second-order valence-corrected chi connectivity index (χ2v) is 5.63. The summed E-state index contributed by atoms with van der Waals surface area (Å²) in [5.74, 6) is 0.872. The second-order valence-electron chi connectivity index (χ2n) is 4.78. The highest BCUT2D eigenvalue weighted by atomic mass is 79.9. The first-order chi connectivity index (χ1) is 9.28. The molecule has 1 aliphatic carbocycles. The summed E-state index contributed by atoms with van der Waals surface area (Å²) in [5, 5.41) is 3.61. The van der Waals surface area contributed by atoms with Gasteiger partial charge >= 0.3 is 0 Å². The van der Waals surface area contributed by atoms with Crippen molar-refractivity contribution in [2.24, 2.45) is 0 Å². The van der Waals surface area contributed by atoms with E-state index in [2.05, 4.69) is 45.5 Å². The first-order valence-electron chi connectivity index (χ1n) is 6.46. The number of rotatable bonds is 3. The molecule has 0 bridgehead atoms. The van der Waals surface area contributed by atoms with Crippen LogP contribution in [-0.4, -0.2) is 7.11 Å². The van der Waals surface area contributed by atoms with Crippen molar-refractivity contribution in [2.75, 3.05) is 12.4 Å². The highest BCUT2D eigenvalue weighted by Gasteiger charge is 2.22. The standard InChI is InChI=1S/C16H16BrNO/c1-19-12-7-8-14(17)16(10-12)18-15-9-6-11-4-2-3-5-13(11)15/h2-5,7-8,10,15,18H,6,9H2,1H3. The SMILES string of the molecule is COc1ccc(Br)c(NC2CCc3ccccc32)c1. The molecule has 0 radical (unpaired) electrons. The number of anilines is 1. The van der Waals surface area contributed by atoms with Crippen molar-refractivity contribution in [2.45, 2.75) is 18.9 Å². The maximum Gasteiger partial charge on any atom is 0.121 e. The van der Waals surface area contributed by atoms with Crippen molar-refractivity contribution in [3.63, 3.8) is 0 Å². The molecule has 98 valence electrons. The van der Waals surface area contributed by atoms with Crippen LogP contribution in [0.25, 0.3) is 0 Å². The number of methoxy groups -OCH3 is 1. The smallest absolute Gasteiger partial charge is 0.121 e. The molecule has 0 spiro atoms. The lowest BCUT2D eigenvalue weighted by molar-refractivity contribution is 0.415. The topological polar surface area (TPSA) is 21.3 Å². The van der Waals surface area contributed by atoms with E-state index in [-0.39, 0.29) is 0 Å². The first-order valence-corrected chi connectivity index (χ1v) is 7.25. The van der Waals surface area contributed by atoms with Gasteiger partial charge in [0, 0.05) is 10.5 Å². The van der Waals surface area contributed by atoms with Crippen molar-refractivity contribution in [1.82, 2.24) is 0 Å². The molecule has 1 atom stereocenters. The molecule has 1 N–H and O–H groups in total. The molecule has 0 aromatic heterocycles. The maximum atomic E-state index is 5.28. The molecule has 1 unspecified atom stereocenters. The van der Waals surface area contributed by atoms with Crippen LogP contribution in [0.3, 0.4) is 0 Å². The van der Waals surface area contributed by atoms with Gasteiger partial charge in [-0.2, -0.15) is 0 Å². The number of hydrogen-bond acceptors (Lipinski definition) is 2. The minimum atomic E-state index is 0.389. The molecule has 1 aliphatic rings. The van der Waals surface area contributed by atoms with Crippen LogP contribution >= 0.6 is 15.9 Å². The number of benzene rings is 2. The van der Waals surface area contributed by atoms with Crippen molar-refractivity contribution in [1.29, 1.82) is 0 Å². The molecular weight excluding hydrogens is 302 g/mol. The minimum Gasteiger partial charge on any atom is -0.497 e. The zero-order valence-corrected chi connectivity index (χ0v) is 12.4. The second kappa shape index (κ2) is 5.25. The molecule has 0 heterocycles. The van der Waals surface area contributed by atoms with Crippen molar-refractivity contribution < 1.29 is 4.74 Å². The molecule has 0 aliphatic heterocycles. The lowest BCUT2D eigenvalue weighted by atomic mass is 10.1. The van der Waals surface area contributed by atoms with Crippen LogP contribution in [0.15, 0.2) is 46.9 Å². The van der Waals surface area contributed by atoms with E-state index >= 15 is 0 Å². The molecule has 0 amide bonds. The van der Waals surface area contributed by atoms with E-state index in [0.717, 1.165) is 28.8 Å². The summed E-state index contributed by atoms with van der Waals surface area (Å²) < 4.78 is 6.35. The van der Waals surface area contributed by atoms with E-state index in [1.54, 1.807) is 7.11 Å². The van der Waals surface area contributed by atoms with E-state index < -0.39 is 0 Å². The number of ether oxygens (including phenoxy) is 1. The first kappa shape index (κ1) is 12.5. The molecule has 2 aromatic rings. The van der Waals surface area contributed by atoms with Crippen molar-refractivity contribution in [3.05, 3.63) is 58.1 Å². The molecule has 2 aromatic carbocycles. The zero-order chi connectivity index (χ0) is 13.2. The van der Waals surface area contributed by atoms with Crippen LogP contribution in [0, 0.1) is 0 Å². The quantitative estimate of drug-likeness (QED) is 0.896. The van der Waals surface area contributed by atoms with Crippen LogP contribution in [0.2, 0.25) is 0 Å². The Labute approximate surface area is 121 Å². The predicted molar refractivity (Wildman–Crippen MR) is 81.8 cm³/mol. The molecule has 0 saturated carbocycles. The molecule has 0 fully saturated rings. The van der Waals surface area contributed by atoms with E-state index in [4.69, 9.17) is 4.74 Å². The predicted octanol–water partition coefficient (Wildman–Crippen LogP) is 4.56. The third kappa shape index (κ3) is 2.47. The number of halogens is 1. The van der Waals surface area contributed by atoms with Gasteiger partial charge < -0.3 is 10.1 Å². The summed E-state index contributed by atoms with van der Waals surface area (Å²) in [4.78, 5) is 0. The summed E-state index contributed by atoms with van der Waals surface area (Å²) in [6, 6.07) is 15.1. The van der Waals surface area contributed by atoms with Gasteiger partial charge in [-0.1, -0.05) is 24.3 Å². The maximum absolute atomic E-state index is 5.28. The van der Waals surface area contributed by atoms with Gasteiger partial charge in [0.05, 0.1) is 18.8 Å². The number of aryl methyl sites for hydroxylation is 1. The van der Waals surface area contributed by atoms with Gasteiger partial charge in [0.25, 0.3) is 0 Å². The van der Waals surface area contributed by atoms with Crippen LogP contribution in [0.5, 0.6) is 5.75 Å². The highest BCUT2D eigenvalue weighted by Crippen LogP contribution is 2.36. The Kier molecular flexibility index (Phi) is 3.47.